The molecule has 2 aromatic carbocycles. The second-order valence-electron chi connectivity index (χ2n) is 5.59. The predicted octanol–water partition coefficient (Wildman–Crippen LogP) is 3.91. The first-order chi connectivity index (χ1) is 11.9. The summed E-state index contributed by atoms with van der Waals surface area (Å²) in [6.45, 7) is 1.76. The number of amides is 1. The number of halogens is 2. The predicted molar refractivity (Wildman–Crippen MR) is 101 cm³/mol. The zero-order valence-electron chi connectivity index (χ0n) is 13.3. The Balaban J connectivity index is 1.94. The lowest BCUT2D eigenvalue weighted by atomic mass is 9.95. The zero-order chi connectivity index (χ0) is 18.0. The molecule has 0 aliphatic carbocycles. The molecule has 2 aromatic rings. The molecule has 0 aromatic heterocycles. The van der Waals surface area contributed by atoms with E-state index in [4.69, 9.17) is 23.8 Å². The van der Waals surface area contributed by atoms with Crippen molar-refractivity contribution in [3.05, 3.63) is 76.2 Å². The Labute approximate surface area is 155 Å². The summed E-state index contributed by atoms with van der Waals surface area (Å²) in [5.41, 5.74) is 2.28. The molecular formula is C18H15ClFN3OS. The lowest BCUT2D eigenvalue weighted by Gasteiger charge is -2.30. The van der Waals surface area contributed by atoms with Crippen molar-refractivity contribution in [2.24, 2.45) is 0 Å². The normalized spacial score (nSPS) is 16.9. The molecule has 25 heavy (non-hydrogen) atoms. The van der Waals surface area contributed by atoms with Gasteiger partial charge < -0.3 is 16.0 Å². The van der Waals surface area contributed by atoms with Crippen molar-refractivity contribution in [2.45, 2.75) is 13.0 Å². The van der Waals surface area contributed by atoms with E-state index >= 15 is 0 Å². The Hall–Kier alpha value is -2.44. The highest BCUT2D eigenvalue weighted by atomic mass is 35.5. The molecule has 0 fully saturated rings. The van der Waals surface area contributed by atoms with Crippen molar-refractivity contribution in [1.82, 2.24) is 10.6 Å². The van der Waals surface area contributed by atoms with E-state index in [1.165, 1.54) is 12.1 Å². The molecule has 1 aliphatic rings. The van der Waals surface area contributed by atoms with Crippen LogP contribution in [0.1, 0.15) is 18.5 Å². The molecule has 0 saturated carbocycles. The van der Waals surface area contributed by atoms with Gasteiger partial charge in [-0.15, -0.1) is 0 Å². The first-order valence-corrected chi connectivity index (χ1v) is 8.33. The maximum atomic E-state index is 13.6. The summed E-state index contributed by atoms with van der Waals surface area (Å²) in [6.07, 6.45) is 0. The quantitative estimate of drug-likeness (QED) is 0.712. The molecule has 3 N–H and O–H groups in total. The van der Waals surface area contributed by atoms with Crippen LogP contribution in [0.4, 0.5) is 10.1 Å². The van der Waals surface area contributed by atoms with Crippen LogP contribution in [0.3, 0.4) is 0 Å². The lowest BCUT2D eigenvalue weighted by molar-refractivity contribution is -0.113. The molecule has 4 nitrogen and oxygen atoms in total. The van der Waals surface area contributed by atoms with E-state index in [1.807, 2.05) is 0 Å². The average molecular weight is 376 g/mol. The van der Waals surface area contributed by atoms with Gasteiger partial charge in [0.1, 0.15) is 5.82 Å². The number of nitrogens with one attached hydrogen (secondary N) is 3. The van der Waals surface area contributed by atoms with Crippen molar-refractivity contribution < 1.29 is 9.18 Å². The summed E-state index contributed by atoms with van der Waals surface area (Å²) >= 11 is 11.0. The van der Waals surface area contributed by atoms with Gasteiger partial charge in [0.05, 0.1) is 11.6 Å². The molecule has 0 saturated heterocycles. The van der Waals surface area contributed by atoms with E-state index in [-0.39, 0.29) is 11.7 Å². The van der Waals surface area contributed by atoms with Crippen molar-refractivity contribution in [3.8, 4) is 0 Å². The van der Waals surface area contributed by atoms with Crippen molar-refractivity contribution in [3.63, 3.8) is 0 Å². The van der Waals surface area contributed by atoms with Gasteiger partial charge in [-0.25, -0.2) is 4.39 Å². The molecule has 128 valence electrons. The monoisotopic (exact) mass is 375 g/mol. The highest BCUT2D eigenvalue weighted by molar-refractivity contribution is 7.80. The molecule has 1 amide bonds. The van der Waals surface area contributed by atoms with E-state index < -0.39 is 6.04 Å². The van der Waals surface area contributed by atoms with Gasteiger partial charge in [0.2, 0.25) is 0 Å². The number of anilines is 1. The Kier molecular flexibility index (Phi) is 5.01. The fourth-order valence-electron chi connectivity index (χ4n) is 2.66. The molecule has 1 atom stereocenters. The van der Waals surface area contributed by atoms with E-state index in [9.17, 15) is 9.18 Å². The van der Waals surface area contributed by atoms with Crippen LogP contribution in [-0.4, -0.2) is 11.0 Å². The maximum Gasteiger partial charge on any atom is 0.255 e. The summed E-state index contributed by atoms with van der Waals surface area (Å²) in [7, 11) is 0. The fourth-order valence-corrected chi connectivity index (χ4v) is 3.06. The van der Waals surface area contributed by atoms with Gasteiger partial charge in [0.15, 0.2) is 5.11 Å². The van der Waals surface area contributed by atoms with Gasteiger partial charge in [-0.3, -0.25) is 4.79 Å². The number of thiocarbonyl (C=S) groups is 1. The second-order valence-corrected chi connectivity index (χ2v) is 6.43. The van der Waals surface area contributed by atoms with Crippen LogP contribution in [-0.2, 0) is 4.79 Å². The molecule has 1 heterocycles. The minimum absolute atomic E-state index is 0.309. The van der Waals surface area contributed by atoms with Crippen LogP contribution < -0.4 is 16.0 Å². The molecule has 1 aliphatic heterocycles. The van der Waals surface area contributed by atoms with Crippen molar-refractivity contribution in [2.75, 3.05) is 5.32 Å². The third kappa shape index (κ3) is 3.97. The highest BCUT2D eigenvalue weighted by Crippen LogP contribution is 2.28. The van der Waals surface area contributed by atoms with Crippen molar-refractivity contribution in [1.29, 1.82) is 0 Å². The van der Waals surface area contributed by atoms with Crippen LogP contribution in [0.5, 0.6) is 0 Å². The van der Waals surface area contributed by atoms with Gasteiger partial charge in [0, 0.05) is 16.4 Å². The van der Waals surface area contributed by atoms with Gasteiger partial charge in [-0.1, -0.05) is 23.7 Å². The van der Waals surface area contributed by atoms with E-state index in [0.717, 1.165) is 0 Å². The number of hydrogen-bond donors (Lipinski definition) is 3. The summed E-state index contributed by atoms with van der Waals surface area (Å²) in [5, 5.41) is 9.76. The molecule has 0 radical (unpaired) electrons. The van der Waals surface area contributed by atoms with Gasteiger partial charge >= 0.3 is 0 Å². The zero-order valence-corrected chi connectivity index (χ0v) is 14.8. The van der Waals surface area contributed by atoms with Gasteiger partial charge in [0.25, 0.3) is 5.91 Å². The van der Waals surface area contributed by atoms with Gasteiger partial charge in [-0.05, 0) is 61.1 Å². The van der Waals surface area contributed by atoms with Crippen LogP contribution in [0, 0.1) is 5.82 Å². The standard InChI is InChI=1S/C18H15ClFN3OS/c1-10-15(17(24)22-14-7-5-12(19)6-8-14)16(23-18(25)21-10)11-3-2-4-13(20)9-11/h2-9,16H,1H3,(H,22,24)(H2,21,23,25)/t16-/m0/s1. The van der Waals surface area contributed by atoms with Crippen LogP contribution in [0.15, 0.2) is 59.8 Å². The smallest absolute Gasteiger partial charge is 0.255 e. The van der Waals surface area contributed by atoms with Crippen LogP contribution in [0.25, 0.3) is 0 Å². The van der Waals surface area contributed by atoms with E-state index in [1.54, 1.807) is 43.3 Å². The number of carbonyl (C=O) groups excluding carboxylic acids is 1. The first-order valence-electron chi connectivity index (χ1n) is 7.54. The Morgan fingerprint density at radius 1 is 1.24 bits per heavy atom. The molecule has 0 unspecified atom stereocenters. The Morgan fingerprint density at radius 3 is 2.64 bits per heavy atom. The number of carbonyl (C=O) groups is 1. The fraction of sp³-hybridized carbons (Fsp3) is 0.111. The summed E-state index contributed by atoms with van der Waals surface area (Å²) < 4.78 is 13.6. The summed E-state index contributed by atoms with van der Waals surface area (Å²) in [6, 6.07) is 12.3. The largest absolute Gasteiger partial charge is 0.351 e. The number of allylic oxidation sites excluding steroid dienone is 1. The molecule has 3 rings (SSSR count). The minimum atomic E-state index is -0.545. The number of benzene rings is 2. The van der Waals surface area contributed by atoms with E-state index in [0.29, 0.717) is 32.7 Å². The summed E-state index contributed by atoms with van der Waals surface area (Å²) in [4.78, 5) is 12.8. The average Bonchev–Trinajstić information content (AvgIpc) is 2.56. The summed E-state index contributed by atoms with van der Waals surface area (Å²) in [5.74, 6) is -0.685. The van der Waals surface area contributed by atoms with Crippen LogP contribution in [0.2, 0.25) is 5.02 Å². The maximum absolute atomic E-state index is 13.6. The molecule has 0 bridgehead atoms. The number of hydrogen-bond acceptors (Lipinski definition) is 2. The molecule has 0 spiro atoms. The highest BCUT2D eigenvalue weighted by Gasteiger charge is 2.30. The topological polar surface area (TPSA) is 53.2 Å². The Bertz CT molecular complexity index is 867. The third-order valence-electron chi connectivity index (χ3n) is 3.80. The SMILES string of the molecule is CC1=C(C(=O)Nc2ccc(Cl)cc2)[C@H](c2cccc(F)c2)NC(=S)N1. The lowest BCUT2D eigenvalue weighted by Crippen LogP contribution is -2.45. The van der Waals surface area contributed by atoms with Crippen molar-refractivity contribution >= 4 is 40.5 Å². The minimum Gasteiger partial charge on any atom is -0.351 e. The van der Waals surface area contributed by atoms with E-state index in [2.05, 4.69) is 16.0 Å². The van der Waals surface area contributed by atoms with Gasteiger partial charge in [-0.2, -0.15) is 0 Å². The second kappa shape index (κ2) is 7.21. The Morgan fingerprint density at radius 2 is 1.96 bits per heavy atom. The number of rotatable bonds is 3. The van der Waals surface area contributed by atoms with Crippen LogP contribution >= 0.6 is 23.8 Å². The third-order valence-corrected chi connectivity index (χ3v) is 4.27. The molecule has 7 heteroatoms. The molecular weight excluding hydrogens is 361 g/mol. The first kappa shape index (κ1) is 17.4.